The first kappa shape index (κ1) is 24.9. The summed E-state index contributed by atoms with van der Waals surface area (Å²) < 4.78 is 5.50. The van der Waals surface area contributed by atoms with Crippen LogP contribution >= 0.6 is 11.8 Å². The summed E-state index contributed by atoms with van der Waals surface area (Å²) in [6.07, 6.45) is 0. The predicted octanol–water partition coefficient (Wildman–Crippen LogP) is 4.89. The van der Waals surface area contributed by atoms with E-state index in [0.717, 1.165) is 16.0 Å². The molecule has 0 bridgehead atoms. The number of urea groups is 1. The smallest absolute Gasteiger partial charge is 0.332 e. The minimum atomic E-state index is -0.485. The summed E-state index contributed by atoms with van der Waals surface area (Å²) in [7, 11) is 0. The van der Waals surface area contributed by atoms with Crippen molar-refractivity contribution in [2.24, 2.45) is 5.92 Å². The highest BCUT2D eigenvalue weighted by Crippen LogP contribution is 2.47. The summed E-state index contributed by atoms with van der Waals surface area (Å²) in [6.45, 7) is 9.15. The molecule has 8 heteroatoms. The molecule has 184 valence electrons. The van der Waals surface area contributed by atoms with Crippen molar-refractivity contribution in [2.45, 2.75) is 39.6 Å². The van der Waals surface area contributed by atoms with E-state index in [2.05, 4.69) is 0 Å². The molecule has 0 aliphatic carbocycles. The Bertz CT molecular complexity index is 1130. The topological polar surface area (TPSA) is 70.2 Å². The lowest BCUT2D eigenvalue weighted by molar-refractivity contribution is -0.133. The van der Waals surface area contributed by atoms with E-state index in [1.165, 1.54) is 16.7 Å². The Balaban J connectivity index is 1.61. The van der Waals surface area contributed by atoms with Gasteiger partial charge in [-0.1, -0.05) is 30.3 Å². The van der Waals surface area contributed by atoms with Crippen LogP contribution in [-0.4, -0.2) is 52.7 Å². The van der Waals surface area contributed by atoms with E-state index in [1.807, 2.05) is 58.0 Å². The number of likely N-dealkylation sites (N-methyl/N-ethyl adjacent to an activating group) is 1. The molecule has 4 amide bonds. The number of thioether (sulfide) groups is 1. The van der Waals surface area contributed by atoms with Gasteiger partial charge in [0.2, 0.25) is 11.8 Å². The number of anilines is 1. The van der Waals surface area contributed by atoms with Crippen LogP contribution in [0.1, 0.15) is 33.3 Å². The Labute approximate surface area is 210 Å². The number of imide groups is 1. The molecule has 2 aliphatic rings. The summed E-state index contributed by atoms with van der Waals surface area (Å²) in [6, 6.07) is 16.2. The Morgan fingerprint density at radius 3 is 2.34 bits per heavy atom. The van der Waals surface area contributed by atoms with Crippen LogP contribution in [0, 0.1) is 5.92 Å². The van der Waals surface area contributed by atoms with Crippen molar-refractivity contribution in [1.82, 2.24) is 9.80 Å². The van der Waals surface area contributed by atoms with Crippen LogP contribution in [0.15, 0.2) is 65.1 Å². The van der Waals surface area contributed by atoms with Crippen molar-refractivity contribution < 1.29 is 19.1 Å². The first-order valence-electron chi connectivity index (χ1n) is 11.9. The van der Waals surface area contributed by atoms with E-state index in [4.69, 9.17) is 4.74 Å². The second kappa shape index (κ2) is 10.6. The standard InChI is InChI=1S/C27H31N3O4S/c1-5-28(16-20-10-8-7-9-11-20)23(31)17-29-26-24(18(3)19(4)35-26)25(32)30(27(29)33)21-12-14-22(15-13-21)34-6-2/h7-15,24,26H,5-6,16-17H2,1-4H3. The molecule has 2 heterocycles. The van der Waals surface area contributed by atoms with Crippen LogP contribution in [0.3, 0.4) is 0 Å². The van der Waals surface area contributed by atoms with Crippen molar-refractivity contribution in [3.8, 4) is 5.75 Å². The molecule has 4 rings (SSSR count). The monoisotopic (exact) mass is 493 g/mol. The lowest BCUT2D eigenvalue weighted by atomic mass is 9.95. The normalized spacial score (nSPS) is 19.8. The van der Waals surface area contributed by atoms with Gasteiger partial charge in [-0.3, -0.25) is 9.59 Å². The third kappa shape index (κ3) is 4.93. The van der Waals surface area contributed by atoms with Gasteiger partial charge in [0, 0.05) is 13.1 Å². The molecular formula is C27H31N3O4S. The molecule has 0 aromatic heterocycles. The van der Waals surface area contributed by atoms with E-state index in [9.17, 15) is 14.4 Å². The molecular weight excluding hydrogens is 462 g/mol. The molecule has 2 aromatic rings. The number of fused-ring (bicyclic) bond motifs is 1. The first-order chi connectivity index (χ1) is 16.8. The molecule has 35 heavy (non-hydrogen) atoms. The van der Waals surface area contributed by atoms with Crippen molar-refractivity contribution in [1.29, 1.82) is 0 Å². The third-order valence-electron chi connectivity index (χ3n) is 6.50. The number of benzene rings is 2. The average Bonchev–Trinajstić information content (AvgIpc) is 3.16. The number of rotatable bonds is 8. The van der Waals surface area contributed by atoms with E-state index in [0.29, 0.717) is 31.1 Å². The van der Waals surface area contributed by atoms with Gasteiger partial charge >= 0.3 is 6.03 Å². The number of ether oxygens (including phenoxy) is 1. The van der Waals surface area contributed by atoms with Crippen molar-refractivity contribution in [2.75, 3.05) is 24.6 Å². The zero-order valence-corrected chi connectivity index (χ0v) is 21.4. The van der Waals surface area contributed by atoms with E-state index < -0.39 is 17.3 Å². The van der Waals surface area contributed by atoms with Gasteiger partial charge in [-0.05, 0) is 68.0 Å². The van der Waals surface area contributed by atoms with Gasteiger partial charge in [-0.2, -0.15) is 0 Å². The molecule has 2 atom stereocenters. The Morgan fingerprint density at radius 1 is 1.03 bits per heavy atom. The summed E-state index contributed by atoms with van der Waals surface area (Å²) >= 11 is 1.49. The summed E-state index contributed by atoms with van der Waals surface area (Å²) in [5.41, 5.74) is 2.45. The summed E-state index contributed by atoms with van der Waals surface area (Å²) in [4.78, 5) is 46.2. The van der Waals surface area contributed by atoms with E-state index in [1.54, 1.807) is 34.1 Å². The van der Waals surface area contributed by atoms with Gasteiger partial charge in [-0.15, -0.1) is 11.8 Å². The number of amides is 4. The van der Waals surface area contributed by atoms with Crippen molar-refractivity contribution >= 4 is 35.3 Å². The fraction of sp³-hybridized carbons (Fsp3) is 0.370. The fourth-order valence-corrected chi connectivity index (χ4v) is 5.90. The quantitative estimate of drug-likeness (QED) is 0.524. The van der Waals surface area contributed by atoms with Gasteiger partial charge in [-0.25, -0.2) is 9.69 Å². The molecule has 1 saturated heterocycles. The molecule has 0 spiro atoms. The first-order valence-corrected chi connectivity index (χ1v) is 12.8. The summed E-state index contributed by atoms with van der Waals surface area (Å²) in [5.74, 6) is -0.222. The average molecular weight is 494 g/mol. The molecule has 2 unspecified atom stereocenters. The third-order valence-corrected chi connectivity index (χ3v) is 7.94. The second-order valence-corrected chi connectivity index (χ2v) is 9.96. The second-order valence-electron chi connectivity index (χ2n) is 8.63. The van der Waals surface area contributed by atoms with Gasteiger partial charge in [0.15, 0.2) is 0 Å². The Kier molecular flexibility index (Phi) is 7.50. The number of nitrogens with zero attached hydrogens (tertiary/aromatic N) is 3. The highest BCUT2D eigenvalue weighted by molar-refractivity contribution is 8.03. The SMILES string of the molecule is CCOc1ccc(N2C(=O)C3C(C)=C(C)SC3N(CC(=O)N(CC)Cc3ccccc3)C2=O)cc1. The van der Waals surface area contributed by atoms with Gasteiger partial charge in [0.25, 0.3) is 0 Å². The zero-order chi connectivity index (χ0) is 25.1. The Morgan fingerprint density at radius 2 is 1.71 bits per heavy atom. The highest BCUT2D eigenvalue weighted by atomic mass is 32.2. The van der Waals surface area contributed by atoms with Crippen LogP contribution in [0.2, 0.25) is 0 Å². The minimum absolute atomic E-state index is 0.0883. The maximum Gasteiger partial charge on any atom is 0.332 e. The lowest BCUT2D eigenvalue weighted by Gasteiger charge is -2.42. The number of carbonyl (C=O) groups is 3. The van der Waals surface area contributed by atoms with E-state index in [-0.39, 0.29) is 18.4 Å². The molecule has 0 saturated carbocycles. The number of hydrogen-bond acceptors (Lipinski definition) is 5. The van der Waals surface area contributed by atoms with Crippen LogP contribution in [0.5, 0.6) is 5.75 Å². The zero-order valence-electron chi connectivity index (χ0n) is 20.6. The lowest BCUT2D eigenvalue weighted by Crippen LogP contribution is -2.62. The van der Waals surface area contributed by atoms with Crippen molar-refractivity contribution in [3.63, 3.8) is 0 Å². The number of carbonyl (C=O) groups excluding carboxylic acids is 3. The molecule has 2 aliphatic heterocycles. The summed E-state index contributed by atoms with van der Waals surface area (Å²) in [5, 5.41) is -0.423. The maximum atomic E-state index is 13.7. The highest BCUT2D eigenvalue weighted by Gasteiger charge is 2.51. The van der Waals surface area contributed by atoms with Crippen LogP contribution in [-0.2, 0) is 16.1 Å². The largest absolute Gasteiger partial charge is 0.494 e. The van der Waals surface area contributed by atoms with Crippen LogP contribution in [0.4, 0.5) is 10.5 Å². The minimum Gasteiger partial charge on any atom is -0.494 e. The predicted molar refractivity (Wildman–Crippen MR) is 138 cm³/mol. The molecule has 7 nitrogen and oxygen atoms in total. The van der Waals surface area contributed by atoms with Crippen molar-refractivity contribution in [3.05, 3.63) is 70.6 Å². The number of hydrogen-bond donors (Lipinski definition) is 0. The molecule has 0 radical (unpaired) electrons. The Hall–Kier alpha value is -3.26. The molecule has 2 aromatic carbocycles. The molecule has 1 fully saturated rings. The maximum absolute atomic E-state index is 13.7. The van der Waals surface area contributed by atoms with Crippen LogP contribution in [0.25, 0.3) is 0 Å². The van der Waals surface area contributed by atoms with Gasteiger partial charge in [0.1, 0.15) is 12.3 Å². The fourth-order valence-electron chi connectivity index (χ4n) is 4.48. The van der Waals surface area contributed by atoms with Gasteiger partial charge in [0.05, 0.1) is 23.6 Å². The van der Waals surface area contributed by atoms with Crippen LogP contribution < -0.4 is 9.64 Å². The molecule has 0 N–H and O–H groups in total. The van der Waals surface area contributed by atoms with Gasteiger partial charge < -0.3 is 14.5 Å². The van der Waals surface area contributed by atoms with E-state index >= 15 is 0 Å². The number of allylic oxidation sites excluding steroid dienone is 1.